The van der Waals surface area contributed by atoms with E-state index in [0.717, 1.165) is 0 Å². The van der Waals surface area contributed by atoms with Gasteiger partial charge in [-0.25, -0.2) is 9.59 Å². The zero-order valence-corrected chi connectivity index (χ0v) is 6.86. The minimum absolute atomic E-state index is 0.0878. The van der Waals surface area contributed by atoms with Crippen LogP contribution in [-0.4, -0.2) is 28.2 Å². The molecular formula is C8H9NO4. The van der Waals surface area contributed by atoms with Crippen LogP contribution in [0.15, 0.2) is 5.57 Å². The van der Waals surface area contributed by atoms with Crippen molar-refractivity contribution in [2.45, 2.75) is 25.4 Å². The van der Waals surface area contributed by atoms with E-state index in [1.54, 1.807) is 0 Å². The van der Waals surface area contributed by atoms with E-state index in [1.165, 1.54) is 5.94 Å². The molecule has 0 aliphatic rings. The molecule has 0 rings (SSSR count). The van der Waals surface area contributed by atoms with Crippen molar-refractivity contribution in [3.05, 3.63) is 5.57 Å². The van der Waals surface area contributed by atoms with E-state index in [2.05, 4.69) is 0 Å². The van der Waals surface area contributed by atoms with Crippen LogP contribution in [0.2, 0.25) is 0 Å². The Bertz CT molecular complexity index is 272. The molecule has 70 valence electrons. The number of carbonyl (C=O) groups excluding carboxylic acids is 1. The maximum Gasteiger partial charge on any atom is 0.337 e. The third-order valence-electron chi connectivity index (χ3n) is 1.43. The van der Waals surface area contributed by atoms with Crippen LogP contribution in [0.5, 0.6) is 0 Å². The summed E-state index contributed by atoms with van der Waals surface area (Å²) in [5.74, 6) is -0.108. The summed E-state index contributed by atoms with van der Waals surface area (Å²) in [5, 5.41) is 25.4. The second-order valence-electron chi connectivity index (χ2n) is 2.38. The van der Waals surface area contributed by atoms with Crippen LogP contribution in [0.25, 0.3) is 0 Å². The fraction of sp³-hybridized carbons (Fsp3) is 0.500. The first-order valence-electron chi connectivity index (χ1n) is 3.65. The average molecular weight is 183 g/mol. The molecule has 0 amide bonds. The largest absolute Gasteiger partial charge is 0.479 e. The molecule has 0 heterocycles. The van der Waals surface area contributed by atoms with E-state index in [1.807, 2.05) is 6.07 Å². The normalized spacial score (nSPS) is 11.1. The Hall–Kier alpha value is -1.63. The number of aliphatic carboxylic acids is 1. The van der Waals surface area contributed by atoms with Crippen LogP contribution in [0, 0.1) is 11.3 Å². The molecule has 0 aliphatic heterocycles. The molecule has 13 heavy (non-hydrogen) atoms. The highest BCUT2D eigenvalue weighted by Gasteiger charge is 2.19. The number of carbonyl (C=O) groups is 1. The first kappa shape index (κ1) is 11.4. The molecule has 0 spiro atoms. The van der Waals surface area contributed by atoms with E-state index in [9.17, 15) is 9.59 Å². The predicted octanol–water partition coefficient (Wildman–Crippen LogP) is -0.116. The molecule has 0 bridgehead atoms. The number of rotatable bonds is 5. The van der Waals surface area contributed by atoms with E-state index in [0.29, 0.717) is 6.42 Å². The van der Waals surface area contributed by atoms with Gasteiger partial charge in [0.25, 0.3) is 0 Å². The van der Waals surface area contributed by atoms with Gasteiger partial charge in [-0.2, -0.15) is 5.26 Å². The van der Waals surface area contributed by atoms with Gasteiger partial charge in [-0.1, -0.05) is 0 Å². The van der Waals surface area contributed by atoms with Gasteiger partial charge >= 0.3 is 5.97 Å². The summed E-state index contributed by atoms with van der Waals surface area (Å²) in [7, 11) is 0. The molecule has 5 nitrogen and oxygen atoms in total. The highest BCUT2D eigenvalue weighted by Crippen LogP contribution is 2.08. The highest BCUT2D eigenvalue weighted by molar-refractivity contribution is 5.79. The van der Waals surface area contributed by atoms with Gasteiger partial charge in [0.1, 0.15) is 5.94 Å². The lowest BCUT2D eigenvalue weighted by Gasteiger charge is -2.04. The maximum absolute atomic E-state index is 10.2. The number of nitriles is 1. The number of unbranched alkanes of at least 4 members (excludes halogenated alkanes) is 1. The number of carboxylic acids is 1. The third-order valence-corrected chi connectivity index (χ3v) is 1.43. The van der Waals surface area contributed by atoms with Gasteiger partial charge in [-0.15, -0.1) is 0 Å². The molecule has 0 radical (unpaired) electrons. The Morgan fingerprint density at radius 2 is 2.15 bits per heavy atom. The molecular weight excluding hydrogens is 174 g/mol. The zero-order valence-electron chi connectivity index (χ0n) is 6.86. The molecule has 5 heteroatoms. The van der Waals surface area contributed by atoms with Crippen LogP contribution in [0.1, 0.15) is 19.3 Å². The van der Waals surface area contributed by atoms with Gasteiger partial charge < -0.3 is 10.2 Å². The lowest BCUT2D eigenvalue weighted by atomic mass is 10.1. The molecule has 1 atom stereocenters. The number of aliphatic hydroxyl groups excluding tert-OH is 1. The summed E-state index contributed by atoms with van der Waals surface area (Å²) in [6, 6.07) is 1.84. The van der Waals surface area contributed by atoms with Crippen molar-refractivity contribution in [1.29, 1.82) is 5.26 Å². The van der Waals surface area contributed by atoms with Crippen molar-refractivity contribution in [2.24, 2.45) is 0 Å². The lowest BCUT2D eigenvalue weighted by Crippen LogP contribution is -2.22. The Morgan fingerprint density at radius 1 is 1.54 bits per heavy atom. The minimum Gasteiger partial charge on any atom is -0.479 e. The standard InChI is InChI=1S/C8H9NO4/c9-4-2-1-3-6(5-10)7(11)8(12)13/h7,11H,1-3H2,(H,12,13). The fourth-order valence-electron chi connectivity index (χ4n) is 0.751. The van der Waals surface area contributed by atoms with Crippen LogP contribution in [-0.2, 0) is 9.59 Å². The van der Waals surface area contributed by atoms with Crippen LogP contribution in [0.3, 0.4) is 0 Å². The second kappa shape index (κ2) is 5.95. The van der Waals surface area contributed by atoms with Crippen molar-refractivity contribution in [2.75, 3.05) is 0 Å². The Balaban J connectivity index is 4.15. The molecule has 0 saturated carbocycles. The molecule has 0 saturated heterocycles. The monoisotopic (exact) mass is 183 g/mol. The number of carboxylic acid groups (broad SMARTS) is 1. The summed E-state index contributed by atoms with van der Waals surface area (Å²) in [6.45, 7) is 0. The van der Waals surface area contributed by atoms with Crippen LogP contribution >= 0.6 is 0 Å². The SMILES string of the molecule is N#CCCCC(=C=O)C(O)C(=O)O. The molecule has 0 aliphatic carbocycles. The molecule has 0 aromatic rings. The summed E-state index contributed by atoms with van der Waals surface area (Å²) in [4.78, 5) is 20.4. The van der Waals surface area contributed by atoms with Crippen LogP contribution < -0.4 is 0 Å². The molecule has 2 N–H and O–H groups in total. The third kappa shape index (κ3) is 4.06. The summed E-state index contributed by atoms with van der Waals surface area (Å²) in [5.41, 5.74) is -0.220. The van der Waals surface area contributed by atoms with Crippen molar-refractivity contribution in [3.63, 3.8) is 0 Å². The zero-order chi connectivity index (χ0) is 10.3. The van der Waals surface area contributed by atoms with Gasteiger partial charge in [0.05, 0.1) is 11.6 Å². The van der Waals surface area contributed by atoms with Crippen molar-refractivity contribution in [3.8, 4) is 6.07 Å². The van der Waals surface area contributed by atoms with E-state index in [-0.39, 0.29) is 18.4 Å². The molecule has 1 unspecified atom stereocenters. The summed E-state index contributed by atoms with van der Waals surface area (Å²) >= 11 is 0. The molecule has 0 fully saturated rings. The topological polar surface area (TPSA) is 98.4 Å². The number of aliphatic hydroxyl groups is 1. The van der Waals surface area contributed by atoms with E-state index >= 15 is 0 Å². The molecule has 0 aromatic heterocycles. The first-order chi connectivity index (χ1) is 6.13. The Labute approximate surface area is 74.9 Å². The van der Waals surface area contributed by atoms with Gasteiger partial charge in [-0.3, -0.25) is 0 Å². The van der Waals surface area contributed by atoms with E-state index < -0.39 is 12.1 Å². The number of nitrogens with zero attached hydrogens (tertiary/aromatic N) is 1. The number of hydrogen-bond acceptors (Lipinski definition) is 4. The van der Waals surface area contributed by atoms with Gasteiger partial charge in [0.15, 0.2) is 6.10 Å². The van der Waals surface area contributed by atoms with Crippen molar-refractivity contribution >= 4 is 11.9 Å². The summed E-state index contributed by atoms with van der Waals surface area (Å²) in [6.07, 6.45) is -1.14. The van der Waals surface area contributed by atoms with Crippen molar-refractivity contribution in [1.82, 2.24) is 0 Å². The first-order valence-corrected chi connectivity index (χ1v) is 3.65. The van der Waals surface area contributed by atoms with Crippen LogP contribution in [0.4, 0.5) is 0 Å². The lowest BCUT2D eigenvalue weighted by molar-refractivity contribution is -0.144. The number of hydrogen-bond donors (Lipinski definition) is 2. The second-order valence-corrected chi connectivity index (χ2v) is 2.38. The quantitative estimate of drug-likeness (QED) is 0.457. The molecule has 0 aromatic carbocycles. The minimum atomic E-state index is -1.80. The maximum atomic E-state index is 10.2. The summed E-state index contributed by atoms with van der Waals surface area (Å²) < 4.78 is 0. The fourth-order valence-corrected chi connectivity index (χ4v) is 0.751. The smallest absolute Gasteiger partial charge is 0.337 e. The Kier molecular flexibility index (Phi) is 5.20. The van der Waals surface area contributed by atoms with Crippen molar-refractivity contribution < 1.29 is 19.8 Å². The van der Waals surface area contributed by atoms with Gasteiger partial charge in [-0.05, 0) is 12.8 Å². The van der Waals surface area contributed by atoms with Gasteiger partial charge in [0.2, 0.25) is 0 Å². The van der Waals surface area contributed by atoms with E-state index in [4.69, 9.17) is 15.5 Å². The van der Waals surface area contributed by atoms with Gasteiger partial charge in [0, 0.05) is 6.42 Å². The average Bonchev–Trinajstić information content (AvgIpc) is 2.11. The predicted molar refractivity (Wildman–Crippen MR) is 42.3 cm³/mol. The Morgan fingerprint density at radius 3 is 2.54 bits per heavy atom. The highest BCUT2D eigenvalue weighted by atomic mass is 16.4.